The first kappa shape index (κ1) is 13.8. The zero-order valence-corrected chi connectivity index (χ0v) is 11.1. The Morgan fingerprint density at radius 3 is 2.94 bits per heavy atom. The molecule has 1 fully saturated rings. The van der Waals surface area contributed by atoms with Crippen LogP contribution in [0, 0.1) is 0 Å². The normalized spacial score (nSPS) is 24.1. The standard InChI is InChI=1S/C11H21NO3S/c1-11(12-2,10(13)14-3)8-16-7-9-5-4-6-15-9/h9,12H,4-8H2,1-3H3. The number of nitrogens with one attached hydrogen (secondary N) is 1. The van der Waals surface area contributed by atoms with Gasteiger partial charge in [0.15, 0.2) is 0 Å². The highest BCUT2D eigenvalue weighted by Crippen LogP contribution is 2.20. The average molecular weight is 247 g/mol. The maximum absolute atomic E-state index is 11.6. The number of esters is 1. The van der Waals surface area contributed by atoms with E-state index in [1.165, 1.54) is 7.11 Å². The molecule has 1 N–H and O–H groups in total. The number of methoxy groups -OCH3 is 1. The average Bonchev–Trinajstić information content (AvgIpc) is 2.80. The molecule has 1 saturated heterocycles. The number of rotatable bonds is 6. The largest absolute Gasteiger partial charge is 0.468 e. The van der Waals surface area contributed by atoms with Crippen LogP contribution in [0.15, 0.2) is 0 Å². The molecule has 0 amide bonds. The van der Waals surface area contributed by atoms with Crippen molar-refractivity contribution in [2.45, 2.75) is 31.4 Å². The number of hydrogen-bond donors (Lipinski definition) is 1. The van der Waals surface area contributed by atoms with Crippen LogP contribution in [0.2, 0.25) is 0 Å². The lowest BCUT2D eigenvalue weighted by atomic mass is 10.1. The van der Waals surface area contributed by atoms with Gasteiger partial charge in [-0.2, -0.15) is 11.8 Å². The van der Waals surface area contributed by atoms with Crippen LogP contribution in [0.3, 0.4) is 0 Å². The number of carbonyl (C=O) groups excluding carboxylic acids is 1. The molecule has 16 heavy (non-hydrogen) atoms. The molecule has 4 nitrogen and oxygen atoms in total. The molecule has 0 saturated carbocycles. The molecule has 0 aliphatic carbocycles. The lowest BCUT2D eigenvalue weighted by Gasteiger charge is -2.26. The molecule has 2 unspecified atom stereocenters. The van der Waals surface area contributed by atoms with E-state index in [2.05, 4.69) is 5.32 Å². The van der Waals surface area contributed by atoms with E-state index < -0.39 is 5.54 Å². The highest BCUT2D eigenvalue weighted by Gasteiger charge is 2.32. The second-order valence-corrected chi connectivity index (χ2v) is 5.25. The molecule has 5 heteroatoms. The molecule has 1 aliphatic heterocycles. The van der Waals surface area contributed by atoms with Gasteiger partial charge in [0.25, 0.3) is 0 Å². The van der Waals surface area contributed by atoms with E-state index in [4.69, 9.17) is 9.47 Å². The van der Waals surface area contributed by atoms with E-state index in [0.717, 1.165) is 25.2 Å². The van der Waals surface area contributed by atoms with Crippen molar-refractivity contribution in [3.63, 3.8) is 0 Å². The molecule has 0 spiro atoms. The van der Waals surface area contributed by atoms with Crippen molar-refractivity contribution in [2.75, 3.05) is 32.3 Å². The third-order valence-corrected chi connectivity index (χ3v) is 4.30. The monoisotopic (exact) mass is 247 g/mol. The fourth-order valence-corrected chi connectivity index (χ4v) is 2.94. The Balaban J connectivity index is 2.29. The molecular formula is C11H21NO3S. The summed E-state index contributed by atoms with van der Waals surface area (Å²) in [5, 5.41) is 3.02. The van der Waals surface area contributed by atoms with Crippen molar-refractivity contribution in [1.82, 2.24) is 5.32 Å². The summed E-state index contributed by atoms with van der Waals surface area (Å²) in [6.45, 7) is 2.74. The van der Waals surface area contributed by atoms with E-state index in [9.17, 15) is 4.79 Å². The molecule has 0 bridgehead atoms. The lowest BCUT2D eigenvalue weighted by molar-refractivity contribution is -0.146. The Labute approximate surface area is 101 Å². The van der Waals surface area contributed by atoms with Crippen LogP contribution in [0.5, 0.6) is 0 Å². The summed E-state index contributed by atoms with van der Waals surface area (Å²) >= 11 is 1.74. The third kappa shape index (κ3) is 3.64. The third-order valence-electron chi connectivity index (χ3n) is 2.91. The summed E-state index contributed by atoms with van der Waals surface area (Å²) in [6, 6.07) is 0. The van der Waals surface area contributed by atoms with Gasteiger partial charge in [-0.1, -0.05) is 0 Å². The maximum atomic E-state index is 11.6. The van der Waals surface area contributed by atoms with Gasteiger partial charge in [-0.3, -0.25) is 4.79 Å². The Hall–Kier alpha value is -0.260. The summed E-state index contributed by atoms with van der Waals surface area (Å²) in [5.41, 5.74) is -0.599. The topological polar surface area (TPSA) is 47.6 Å². The summed E-state index contributed by atoms with van der Waals surface area (Å²) in [4.78, 5) is 11.6. The van der Waals surface area contributed by atoms with Crippen LogP contribution in [0.4, 0.5) is 0 Å². The predicted octanol–water partition coefficient (Wildman–Crippen LogP) is 1.05. The van der Waals surface area contributed by atoms with Gasteiger partial charge in [-0.05, 0) is 26.8 Å². The Bertz CT molecular complexity index is 231. The van der Waals surface area contributed by atoms with Crippen LogP contribution in [0.1, 0.15) is 19.8 Å². The maximum Gasteiger partial charge on any atom is 0.326 e. The summed E-state index contributed by atoms with van der Waals surface area (Å²) < 4.78 is 10.3. The van der Waals surface area contributed by atoms with E-state index in [1.807, 2.05) is 6.92 Å². The SMILES string of the molecule is CNC(C)(CSCC1CCCO1)C(=O)OC. The molecule has 1 heterocycles. The van der Waals surface area contributed by atoms with Gasteiger partial charge in [0.05, 0.1) is 13.2 Å². The first-order chi connectivity index (χ1) is 7.62. The Kier molecular flexibility index (Phi) is 5.58. The van der Waals surface area contributed by atoms with Crippen LogP contribution in [-0.2, 0) is 14.3 Å². The minimum Gasteiger partial charge on any atom is -0.468 e. The van der Waals surface area contributed by atoms with Gasteiger partial charge < -0.3 is 14.8 Å². The zero-order chi connectivity index (χ0) is 12.0. The number of hydrogen-bond acceptors (Lipinski definition) is 5. The van der Waals surface area contributed by atoms with Crippen molar-refractivity contribution >= 4 is 17.7 Å². The number of ether oxygens (including phenoxy) is 2. The van der Waals surface area contributed by atoms with Gasteiger partial charge in [0.1, 0.15) is 5.54 Å². The van der Waals surface area contributed by atoms with Crippen molar-refractivity contribution in [3.8, 4) is 0 Å². The highest BCUT2D eigenvalue weighted by molar-refractivity contribution is 7.99. The molecule has 1 aliphatic rings. The van der Waals surface area contributed by atoms with Crippen molar-refractivity contribution in [2.24, 2.45) is 0 Å². The van der Waals surface area contributed by atoms with Crippen LogP contribution in [0.25, 0.3) is 0 Å². The molecule has 0 aromatic carbocycles. The smallest absolute Gasteiger partial charge is 0.326 e. The summed E-state index contributed by atoms with van der Waals surface area (Å²) in [7, 11) is 3.20. The fraction of sp³-hybridized carbons (Fsp3) is 0.909. The number of thioether (sulfide) groups is 1. The molecule has 1 rings (SSSR count). The summed E-state index contributed by atoms with van der Waals surface area (Å²) in [5.74, 6) is 1.44. The molecular weight excluding hydrogens is 226 g/mol. The highest BCUT2D eigenvalue weighted by atomic mass is 32.2. The predicted molar refractivity (Wildman–Crippen MR) is 65.8 cm³/mol. The zero-order valence-electron chi connectivity index (χ0n) is 10.2. The number of likely N-dealkylation sites (N-methyl/N-ethyl adjacent to an activating group) is 1. The summed E-state index contributed by atoms with van der Waals surface area (Å²) in [6.07, 6.45) is 2.66. The van der Waals surface area contributed by atoms with Crippen LogP contribution in [-0.4, -0.2) is 49.9 Å². The molecule has 0 aromatic heterocycles. The van der Waals surface area contributed by atoms with E-state index in [-0.39, 0.29) is 5.97 Å². The van der Waals surface area contributed by atoms with Crippen molar-refractivity contribution in [1.29, 1.82) is 0 Å². The van der Waals surface area contributed by atoms with Crippen molar-refractivity contribution in [3.05, 3.63) is 0 Å². The van der Waals surface area contributed by atoms with E-state index in [1.54, 1.807) is 18.8 Å². The fourth-order valence-electron chi connectivity index (χ4n) is 1.63. The first-order valence-corrected chi connectivity index (χ1v) is 6.74. The minimum atomic E-state index is -0.599. The molecule has 0 radical (unpaired) electrons. The van der Waals surface area contributed by atoms with Gasteiger partial charge in [0, 0.05) is 18.1 Å². The van der Waals surface area contributed by atoms with Crippen LogP contribution >= 0.6 is 11.8 Å². The molecule has 2 atom stereocenters. The first-order valence-electron chi connectivity index (χ1n) is 5.59. The van der Waals surface area contributed by atoms with Gasteiger partial charge in [0.2, 0.25) is 0 Å². The molecule has 0 aromatic rings. The van der Waals surface area contributed by atoms with Gasteiger partial charge in [-0.25, -0.2) is 0 Å². The van der Waals surface area contributed by atoms with E-state index in [0.29, 0.717) is 11.9 Å². The number of carbonyl (C=O) groups is 1. The second-order valence-electron chi connectivity index (χ2n) is 4.22. The minimum absolute atomic E-state index is 0.213. The molecule has 94 valence electrons. The van der Waals surface area contributed by atoms with Crippen LogP contribution < -0.4 is 5.32 Å². The Morgan fingerprint density at radius 1 is 1.69 bits per heavy atom. The van der Waals surface area contributed by atoms with E-state index >= 15 is 0 Å². The second kappa shape index (κ2) is 6.47. The van der Waals surface area contributed by atoms with Crippen molar-refractivity contribution < 1.29 is 14.3 Å². The lowest BCUT2D eigenvalue weighted by Crippen LogP contribution is -2.50. The quantitative estimate of drug-likeness (QED) is 0.711. The van der Waals surface area contributed by atoms with Gasteiger partial charge >= 0.3 is 5.97 Å². The van der Waals surface area contributed by atoms with Gasteiger partial charge in [-0.15, -0.1) is 0 Å². The Morgan fingerprint density at radius 2 is 2.44 bits per heavy atom.